The lowest BCUT2D eigenvalue weighted by molar-refractivity contribution is -0.129. The highest BCUT2D eigenvalue weighted by Gasteiger charge is 2.20. The molecular weight excluding hydrogens is 322 g/mol. The molecule has 1 fully saturated rings. The number of H-pyrrole nitrogens is 1. The molecule has 0 bridgehead atoms. The number of rotatable bonds is 4. The molecule has 1 aromatic heterocycles. The van der Waals surface area contributed by atoms with Crippen LogP contribution in [0.2, 0.25) is 0 Å². The van der Waals surface area contributed by atoms with Crippen LogP contribution in [0.25, 0.3) is 0 Å². The minimum atomic E-state index is -0.241. The zero-order valence-electron chi connectivity index (χ0n) is 14.4. The van der Waals surface area contributed by atoms with Gasteiger partial charge in [0.05, 0.1) is 7.11 Å². The Hall–Kier alpha value is -2.90. The molecule has 1 aliphatic rings. The molecule has 0 radical (unpaired) electrons. The average Bonchev–Trinajstić information content (AvgIpc) is 2.64. The number of anilines is 1. The molecule has 2 heterocycles. The minimum absolute atomic E-state index is 0.0640. The molecule has 0 atom stereocenters. The molecule has 0 unspecified atom stereocenters. The molecule has 2 aromatic rings. The van der Waals surface area contributed by atoms with Crippen LogP contribution in [0, 0.1) is 0 Å². The van der Waals surface area contributed by atoms with Crippen LogP contribution in [0.5, 0.6) is 5.75 Å². The van der Waals surface area contributed by atoms with Crippen molar-refractivity contribution in [2.45, 2.75) is 13.3 Å². The number of ether oxygens (including phenoxy) is 1. The molecule has 1 aliphatic heterocycles. The highest BCUT2D eigenvalue weighted by Crippen LogP contribution is 2.13. The lowest BCUT2D eigenvalue weighted by Crippen LogP contribution is -2.49. The molecule has 1 N–H and O–H groups in total. The standard InChI is InChI=1S/C17H21N5O3/c1-12(23)21-7-9-22(10-8-21)17-18-16(24)15(19-20-17)11-13-3-5-14(25-2)6-4-13/h3-6H,7-11H2,1-2H3,(H,18,20,24). The van der Waals surface area contributed by atoms with Crippen molar-refractivity contribution < 1.29 is 9.53 Å². The van der Waals surface area contributed by atoms with E-state index in [-0.39, 0.29) is 11.5 Å². The van der Waals surface area contributed by atoms with Crippen molar-refractivity contribution in [3.05, 3.63) is 45.9 Å². The fourth-order valence-electron chi connectivity index (χ4n) is 2.78. The Kier molecular flexibility index (Phi) is 4.97. The fraction of sp³-hybridized carbons (Fsp3) is 0.412. The smallest absolute Gasteiger partial charge is 0.274 e. The summed E-state index contributed by atoms with van der Waals surface area (Å²) in [6, 6.07) is 7.49. The summed E-state index contributed by atoms with van der Waals surface area (Å²) in [4.78, 5) is 30.2. The molecule has 132 valence electrons. The number of hydrogen-bond donors (Lipinski definition) is 1. The third kappa shape index (κ3) is 3.96. The molecule has 0 spiro atoms. The summed E-state index contributed by atoms with van der Waals surface area (Å²) in [5.41, 5.74) is 1.09. The molecule has 1 aromatic carbocycles. The number of carbonyl (C=O) groups is 1. The molecule has 8 heteroatoms. The van der Waals surface area contributed by atoms with Gasteiger partial charge in [-0.25, -0.2) is 0 Å². The van der Waals surface area contributed by atoms with Gasteiger partial charge in [-0.2, -0.15) is 0 Å². The summed E-state index contributed by atoms with van der Waals surface area (Å²) >= 11 is 0. The zero-order chi connectivity index (χ0) is 17.8. The Bertz CT molecular complexity index is 795. The summed E-state index contributed by atoms with van der Waals surface area (Å²) in [6.45, 7) is 4.05. The number of methoxy groups -OCH3 is 1. The number of aromatic nitrogens is 3. The molecule has 0 aliphatic carbocycles. The van der Waals surface area contributed by atoms with E-state index in [1.165, 1.54) is 0 Å². The SMILES string of the molecule is COc1ccc(Cc2nnc(N3CCN(C(C)=O)CC3)[nH]c2=O)cc1. The normalized spacial score (nSPS) is 14.5. The Morgan fingerprint density at radius 2 is 1.84 bits per heavy atom. The van der Waals surface area contributed by atoms with Gasteiger partial charge in [-0.1, -0.05) is 12.1 Å². The average molecular weight is 343 g/mol. The topological polar surface area (TPSA) is 91.4 Å². The van der Waals surface area contributed by atoms with Gasteiger partial charge >= 0.3 is 0 Å². The number of nitrogens with one attached hydrogen (secondary N) is 1. The molecule has 1 amide bonds. The van der Waals surface area contributed by atoms with Crippen LogP contribution in [0.3, 0.4) is 0 Å². The third-order valence-electron chi connectivity index (χ3n) is 4.31. The Morgan fingerprint density at radius 3 is 2.40 bits per heavy atom. The van der Waals surface area contributed by atoms with E-state index >= 15 is 0 Å². The highest BCUT2D eigenvalue weighted by molar-refractivity contribution is 5.73. The van der Waals surface area contributed by atoms with Crippen LogP contribution in [0.1, 0.15) is 18.2 Å². The van der Waals surface area contributed by atoms with E-state index in [1.54, 1.807) is 18.9 Å². The van der Waals surface area contributed by atoms with Gasteiger partial charge in [0.2, 0.25) is 11.9 Å². The summed E-state index contributed by atoms with van der Waals surface area (Å²) in [7, 11) is 1.61. The predicted molar refractivity (Wildman–Crippen MR) is 92.9 cm³/mol. The molecule has 3 rings (SSSR count). The van der Waals surface area contributed by atoms with Crippen molar-refractivity contribution in [3.63, 3.8) is 0 Å². The summed E-state index contributed by atoms with van der Waals surface area (Å²) < 4.78 is 5.12. The molecule has 8 nitrogen and oxygen atoms in total. The molecular formula is C17H21N5O3. The van der Waals surface area contributed by atoms with Crippen LogP contribution in [-0.4, -0.2) is 59.3 Å². The number of piperazine rings is 1. The Labute approximate surface area is 145 Å². The van der Waals surface area contributed by atoms with Crippen LogP contribution >= 0.6 is 0 Å². The highest BCUT2D eigenvalue weighted by atomic mass is 16.5. The van der Waals surface area contributed by atoms with Gasteiger partial charge in [0.1, 0.15) is 11.4 Å². The fourth-order valence-corrected chi connectivity index (χ4v) is 2.78. The third-order valence-corrected chi connectivity index (χ3v) is 4.31. The predicted octanol–water partition coefficient (Wildman–Crippen LogP) is 0.433. The van der Waals surface area contributed by atoms with Gasteiger partial charge in [-0.3, -0.25) is 14.6 Å². The van der Waals surface area contributed by atoms with E-state index in [0.717, 1.165) is 11.3 Å². The van der Waals surface area contributed by atoms with Gasteiger partial charge in [0.25, 0.3) is 5.56 Å². The maximum absolute atomic E-state index is 12.3. The first-order chi connectivity index (χ1) is 12.1. The van der Waals surface area contributed by atoms with Crippen molar-refractivity contribution in [1.29, 1.82) is 0 Å². The second kappa shape index (κ2) is 7.33. The van der Waals surface area contributed by atoms with Crippen molar-refractivity contribution in [1.82, 2.24) is 20.1 Å². The number of nitrogens with zero attached hydrogens (tertiary/aromatic N) is 4. The van der Waals surface area contributed by atoms with Crippen molar-refractivity contribution in [2.24, 2.45) is 0 Å². The number of benzene rings is 1. The van der Waals surface area contributed by atoms with Gasteiger partial charge in [-0.05, 0) is 17.7 Å². The van der Waals surface area contributed by atoms with E-state index in [2.05, 4.69) is 15.2 Å². The number of aromatic amines is 1. The Morgan fingerprint density at radius 1 is 1.16 bits per heavy atom. The second-order valence-corrected chi connectivity index (χ2v) is 5.94. The van der Waals surface area contributed by atoms with Gasteiger partial charge in [0, 0.05) is 39.5 Å². The first-order valence-corrected chi connectivity index (χ1v) is 8.16. The summed E-state index contributed by atoms with van der Waals surface area (Å²) in [5.74, 6) is 1.28. The molecule has 25 heavy (non-hydrogen) atoms. The van der Waals surface area contributed by atoms with E-state index in [1.807, 2.05) is 29.2 Å². The maximum atomic E-state index is 12.3. The second-order valence-electron chi connectivity index (χ2n) is 5.94. The first-order valence-electron chi connectivity index (χ1n) is 8.16. The number of carbonyl (C=O) groups excluding carboxylic acids is 1. The quantitative estimate of drug-likeness (QED) is 0.866. The van der Waals surface area contributed by atoms with Crippen molar-refractivity contribution >= 4 is 11.9 Å². The van der Waals surface area contributed by atoms with Gasteiger partial charge < -0.3 is 14.5 Å². The van der Waals surface area contributed by atoms with Crippen LogP contribution < -0.4 is 15.2 Å². The van der Waals surface area contributed by atoms with Crippen molar-refractivity contribution in [3.8, 4) is 5.75 Å². The van der Waals surface area contributed by atoms with Crippen LogP contribution in [0.15, 0.2) is 29.1 Å². The van der Waals surface area contributed by atoms with E-state index in [4.69, 9.17) is 4.74 Å². The van der Waals surface area contributed by atoms with Crippen LogP contribution in [0.4, 0.5) is 5.95 Å². The molecule has 1 saturated heterocycles. The van der Waals surface area contributed by atoms with E-state index in [0.29, 0.717) is 44.2 Å². The maximum Gasteiger partial charge on any atom is 0.274 e. The van der Waals surface area contributed by atoms with Gasteiger partial charge in [0.15, 0.2) is 0 Å². The summed E-state index contributed by atoms with van der Waals surface area (Å²) in [5, 5.41) is 8.25. The van der Waals surface area contributed by atoms with Gasteiger partial charge in [-0.15, -0.1) is 10.2 Å². The van der Waals surface area contributed by atoms with E-state index < -0.39 is 0 Å². The first kappa shape index (κ1) is 16.9. The number of hydrogen-bond acceptors (Lipinski definition) is 6. The number of amides is 1. The Balaban J connectivity index is 1.68. The molecule has 0 saturated carbocycles. The van der Waals surface area contributed by atoms with Crippen molar-refractivity contribution in [2.75, 3.05) is 38.2 Å². The van der Waals surface area contributed by atoms with E-state index in [9.17, 15) is 9.59 Å². The zero-order valence-corrected chi connectivity index (χ0v) is 14.4. The largest absolute Gasteiger partial charge is 0.497 e. The monoisotopic (exact) mass is 343 g/mol. The minimum Gasteiger partial charge on any atom is -0.497 e. The lowest BCUT2D eigenvalue weighted by atomic mass is 10.1. The van der Waals surface area contributed by atoms with Crippen LogP contribution in [-0.2, 0) is 11.2 Å². The lowest BCUT2D eigenvalue weighted by Gasteiger charge is -2.34. The summed E-state index contributed by atoms with van der Waals surface area (Å²) in [6.07, 6.45) is 0.407.